The molecule has 0 saturated carbocycles. The number of aromatic nitrogens is 4. The van der Waals surface area contributed by atoms with Crippen molar-refractivity contribution in [1.29, 1.82) is 0 Å². The van der Waals surface area contributed by atoms with Crippen LogP contribution < -0.4 is 5.73 Å². The Labute approximate surface area is 200 Å². The molecule has 0 aliphatic carbocycles. The van der Waals surface area contributed by atoms with Crippen molar-refractivity contribution in [2.24, 2.45) is 5.73 Å². The van der Waals surface area contributed by atoms with Gasteiger partial charge in [0, 0.05) is 17.4 Å². The molecule has 3 N–H and O–H groups in total. The number of H-pyrrole nitrogens is 1. The molecule has 1 aromatic heterocycles. The summed E-state index contributed by atoms with van der Waals surface area (Å²) in [6.45, 7) is 10.7. The van der Waals surface area contributed by atoms with E-state index in [0.29, 0.717) is 22.9 Å². The number of nitrogens with two attached hydrogens (primary N) is 1. The number of β-lactam (4-membered cyclic amide) rings is 1. The van der Waals surface area contributed by atoms with Crippen molar-refractivity contribution in [2.45, 2.75) is 87.4 Å². The van der Waals surface area contributed by atoms with Crippen LogP contribution in [-0.4, -0.2) is 77.0 Å². The molecule has 2 aliphatic heterocycles. The molecule has 0 spiro atoms. The van der Waals surface area contributed by atoms with Gasteiger partial charge < -0.3 is 15.2 Å². The quantitative estimate of drug-likeness (QED) is 0.320. The molecule has 2 aliphatic rings. The lowest BCUT2D eigenvalue weighted by Gasteiger charge is -2.49. The molecule has 3 rings (SSSR count). The van der Waals surface area contributed by atoms with Gasteiger partial charge in [0.1, 0.15) is 28.3 Å². The highest BCUT2D eigenvalue weighted by Crippen LogP contribution is 2.44. The Morgan fingerprint density at radius 3 is 2.48 bits per heavy atom. The predicted octanol–water partition coefficient (Wildman–Crippen LogP) is 1.62. The summed E-state index contributed by atoms with van der Waals surface area (Å²) in [6, 6.07) is -0.668. The molecule has 3 heterocycles. The van der Waals surface area contributed by atoms with E-state index in [1.807, 2.05) is 0 Å². The van der Waals surface area contributed by atoms with Gasteiger partial charge in [-0.3, -0.25) is 14.5 Å². The van der Waals surface area contributed by atoms with Gasteiger partial charge in [0.2, 0.25) is 11.1 Å². The molecule has 182 valence electrons. The first kappa shape index (κ1) is 25.5. The monoisotopic (exact) mass is 498 g/mol. The largest absolute Gasteiger partial charge is 0.460 e. The van der Waals surface area contributed by atoms with Crippen LogP contribution >= 0.6 is 23.5 Å². The first-order valence-electron chi connectivity index (χ1n) is 10.6. The van der Waals surface area contributed by atoms with E-state index in [2.05, 4.69) is 20.6 Å². The first-order chi connectivity index (χ1) is 15.3. The molecule has 1 fully saturated rings. The second kappa shape index (κ2) is 9.63. The molecule has 0 radical (unpaired) electrons. The van der Waals surface area contributed by atoms with Crippen molar-refractivity contribution in [3.63, 3.8) is 0 Å². The number of fused-ring (bicyclic) bond motifs is 1. The summed E-state index contributed by atoms with van der Waals surface area (Å²) in [6.07, 6.45) is 0.453. The molecule has 1 amide bonds. The predicted molar refractivity (Wildman–Crippen MR) is 123 cm³/mol. The van der Waals surface area contributed by atoms with Crippen LogP contribution in [0.3, 0.4) is 0 Å². The zero-order valence-electron chi connectivity index (χ0n) is 19.6. The number of aromatic amines is 1. The van der Waals surface area contributed by atoms with Gasteiger partial charge in [-0.05, 0) is 58.7 Å². The van der Waals surface area contributed by atoms with E-state index in [0.717, 1.165) is 0 Å². The lowest BCUT2D eigenvalue weighted by molar-refractivity contribution is -0.158. The number of amides is 1. The molecule has 1 aromatic rings. The maximum absolute atomic E-state index is 13.2. The number of hydrogen-bond acceptors (Lipinski definition) is 11. The number of rotatable bonds is 7. The number of ether oxygens (including phenoxy) is 2. The normalized spacial score (nSPS) is 21.9. The van der Waals surface area contributed by atoms with Crippen LogP contribution in [-0.2, 0) is 23.9 Å². The third kappa shape index (κ3) is 6.27. The standard InChI is InChI=1S/C20H30N6O5S2/c1-19(2,3)30-12(27)8-7-11(33-18-22-24-25-23-18)10-9-32-16-13(21)15(28)26(16)14(10)17(29)31-20(4,5)6/h11,13,16H,7-9,21H2,1-6H3,(H,22,23,24,25)/t11?,13?,16-/m1/s1. The van der Waals surface area contributed by atoms with Gasteiger partial charge in [-0.1, -0.05) is 11.8 Å². The minimum atomic E-state index is -0.752. The van der Waals surface area contributed by atoms with Gasteiger partial charge in [0.25, 0.3) is 0 Å². The highest BCUT2D eigenvalue weighted by Gasteiger charge is 2.53. The molecular formula is C20H30N6O5S2. The number of hydrogen-bond donors (Lipinski definition) is 2. The number of nitrogens with one attached hydrogen (secondary N) is 1. The van der Waals surface area contributed by atoms with Crippen molar-refractivity contribution in [3.8, 4) is 0 Å². The summed E-state index contributed by atoms with van der Waals surface area (Å²) in [5.74, 6) is -0.843. The zero-order valence-corrected chi connectivity index (χ0v) is 21.2. The van der Waals surface area contributed by atoms with Crippen LogP contribution in [0.15, 0.2) is 16.4 Å². The van der Waals surface area contributed by atoms with E-state index in [1.54, 1.807) is 41.5 Å². The van der Waals surface area contributed by atoms with E-state index in [-0.39, 0.29) is 29.4 Å². The molecule has 33 heavy (non-hydrogen) atoms. The second-order valence-corrected chi connectivity index (χ2v) is 12.0. The number of nitrogens with zero attached hydrogens (tertiary/aromatic N) is 4. The lowest BCUT2D eigenvalue weighted by Crippen LogP contribution is -2.68. The van der Waals surface area contributed by atoms with Crippen molar-refractivity contribution >= 4 is 41.4 Å². The number of thioether (sulfide) groups is 2. The van der Waals surface area contributed by atoms with Gasteiger partial charge in [-0.15, -0.1) is 22.0 Å². The van der Waals surface area contributed by atoms with Gasteiger partial charge in [0.05, 0.1) is 0 Å². The maximum atomic E-state index is 13.2. The van der Waals surface area contributed by atoms with Crippen LogP contribution in [0.5, 0.6) is 0 Å². The Hall–Kier alpha value is -2.12. The number of carbonyl (C=O) groups is 3. The minimum absolute atomic E-state index is 0.111. The van der Waals surface area contributed by atoms with Gasteiger partial charge in [0.15, 0.2) is 0 Å². The average molecular weight is 499 g/mol. The van der Waals surface area contributed by atoms with E-state index < -0.39 is 28.5 Å². The third-order valence-corrected chi connectivity index (χ3v) is 7.14. The molecule has 3 atom stereocenters. The number of tetrazole rings is 1. The fraction of sp³-hybridized carbons (Fsp3) is 0.700. The van der Waals surface area contributed by atoms with Crippen LogP contribution in [0.2, 0.25) is 0 Å². The van der Waals surface area contributed by atoms with Crippen molar-refractivity contribution in [3.05, 3.63) is 11.3 Å². The summed E-state index contributed by atoms with van der Waals surface area (Å²) in [5.41, 5.74) is 5.46. The third-order valence-electron chi connectivity index (χ3n) is 4.62. The van der Waals surface area contributed by atoms with Gasteiger partial charge in [-0.2, -0.15) is 5.21 Å². The van der Waals surface area contributed by atoms with E-state index in [9.17, 15) is 14.4 Å². The minimum Gasteiger partial charge on any atom is -0.460 e. The fourth-order valence-electron chi connectivity index (χ4n) is 3.38. The average Bonchev–Trinajstić information content (AvgIpc) is 3.20. The number of esters is 2. The Balaban J connectivity index is 1.95. The highest BCUT2D eigenvalue weighted by atomic mass is 32.2. The van der Waals surface area contributed by atoms with Crippen molar-refractivity contribution in [1.82, 2.24) is 25.5 Å². The topological polar surface area (TPSA) is 153 Å². The Kier molecular flexibility index (Phi) is 7.44. The van der Waals surface area contributed by atoms with E-state index >= 15 is 0 Å². The molecule has 0 bridgehead atoms. The zero-order chi connectivity index (χ0) is 24.6. The van der Waals surface area contributed by atoms with E-state index in [4.69, 9.17) is 15.2 Å². The van der Waals surface area contributed by atoms with Crippen LogP contribution in [0.25, 0.3) is 0 Å². The lowest BCUT2D eigenvalue weighted by atomic mass is 10.00. The second-order valence-electron chi connectivity index (χ2n) is 9.74. The fourth-order valence-corrected chi connectivity index (χ4v) is 5.86. The number of carbonyl (C=O) groups excluding carboxylic acids is 3. The van der Waals surface area contributed by atoms with Crippen LogP contribution in [0.1, 0.15) is 54.4 Å². The Bertz CT molecular complexity index is 938. The summed E-state index contributed by atoms with van der Waals surface area (Å²) in [7, 11) is 0. The van der Waals surface area contributed by atoms with Crippen molar-refractivity contribution in [2.75, 3.05) is 5.75 Å². The van der Waals surface area contributed by atoms with Crippen LogP contribution in [0.4, 0.5) is 0 Å². The van der Waals surface area contributed by atoms with E-state index in [1.165, 1.54) is 28.4 Å². The molecular weight excluding hydrogens is 468 g/mol. The highest BCUT2D eigenvalue weighted by molar-refractivity contribution is 8.01. The Morgan fingerprint density at radius 1 is 1.24 bits per heavy atom. The summed E-state index contributed by atoms with van der Waals surface area (Å²) in [5, 5.41) is 13.6. The smallest absolute Gasteiger partial charge is 0.355 e. The van der Waals surface area contributed by atoms with Crippen LogP contribution in [0, 0.1) is 0 Å². The van der Waals surface area contributed by atoms with Gasteiger partial charge in [-0.25, -0.2) is 4.79 Å². The first-order valence-corrected chi connectivity index (χ1v) is 12.5. The summed E-state index contributed by atoms with van der Waals surface area (Å²) < 4.78 is 11.1. The summed E-state index contributed by atoms with van der Waals surface area (Å²) >= 11 is 2.74. The SMILES string of the molecule is CC(C)(C)OC(=O)CCC(Sc1nn[nH]n1)C1=C(C(=O)OC(C)(C)C)N2C(=O)C(N)[C@H]2SC1. The van der Waals surface area contributed by atoms with Gasteiger partial charge >= 0.3 is 11.9 Å². The maximum Gasteiger partial charge on any atom is 0.355 e. The van der Waals surface area contributed by atoms with Crippen molar-refractivity contribution < 1.29 is 23.9 Å². The Morgan fingerprint density at radius 2 is 1.91 bits per heavy atom. The summed E-state index contributed by atoms with van der Waals surface area (Å²) in [4.78, 5) is 39.6. The molecule has 13 heteroatoms. The molecule has 2 unspecified atom stereocenters. The molecule has 11 nitrogen and oxygen atoms in total. The molecule has 0 aromatic carbocycles. The molecule has 1 saturated heterocycles.